The Morgan fingerprint density at radius 1 is 1.05 bits per heavy atom. The molecule has 4 nitrogen and oxygen atoms in total. The summed E-state index contributed by atoms with van der Waals surface area (Å²) in [5.74, 6) is -0.708. The average molecular weight is 310 g/mol. The summed E-state index contributed by atoms with van der Waals surface area (Å²) < 4.78 is 24.8. The van der Waals surface area contributed by atoms with E-state index in [4.69, 9.17) is 9.47 Å². The zero-order valence-corrected chi connectivity index (χ0v) is 13.5. The lowest BCUT2D eigenvalue weighted by atomic mass is 9.98. The van der Waals surface area contributed by atoms with Gasteiger partial charge in [0.25, 0.3) is 0 Å². The van der Waals surface area contributed by atoms with Crippen LogP contribution in [0.2, 0.25) is 0 Å². The van der Waals surface area contributed by atoms with E-state index >= 15 is 0 Å². The normalized spacial score (nSPS) is 12.1. The van der Waals surface area contributed by atoms with Crippen LogP contribution in [0.15, 0.2) is 18.2 Å². The molecular weight excluding hydrogens is 287 g/mol. The lowest BCUT2D eigenvalue weighted by Crippen LogP contribution is -2.27. The highest BCUT2D eigenvalue weighted by molar-refractivity contribution is 6.13. The van der Waals surface area contributed by atoms with Crippen LogP contribution in [-0.4, -0.2) is 31.0 Å². The van der Waals surface area contributed by atoms with Crippen molar-refractivity contribution in [2.75, 3.05) is 13.2 Å². The Kier molecular flexibility index (Phi) is 7.02. The molecular formula is C17H23FO4. The second kappa shape index (κ2) is 8.51. The number of alkyl halides is 1. The van der Waals surface area contributed by atoms with Crippen molar-refractivity contribution in [3.8, 4) is 11.5 Å². The molecule has 1 aromatic rings. The van der Waals surface area contributed by atoms with Crippen LogP contribution < -0.4 is 9.47 Å². The van der Waals surface area contributed by atoms with Crippen molar-refractivity contribution >= 4 is 11.6 Å². The van der Waals surface area contributed by atoms with E-state index < -0.39 is 17.7 Å². The van der Waals surface area contributed by atoms with E-state index in [2.05, 4.69) is 0 Å². The van der Waals surface area contributed by atoms with Crippen LogP contribution in [0.25, 0.3) is 0 Å². The molecule has 0 N–H and O–H groups in total. The summed E-state index contributed by atoms with van der Waals surface area (Å²) in [6, 6.07) is 4.50. The Morgan fingerprint density at radius 2 is 1.55 bits per heavy atom. The number of carbonyl (C=O) groups excluding carboxylic acids is 2. The maximum absolute atomic E-state index is 14.1. The molecule has 0 aliphatic carbocycles. The number of ketones is 2. The van der Waals surface area contributed by atoms with E-state index in [-0.39, 0.29) is 17.9 Å². The van der Waals surface area contributed by atoms with Gasteiger partial charge in [0.1, 0.15) is 11.5 Å². The molecule has 1 unspecified atom stereocenters. The molecule has 122 valence electrons. The number of hydrogen-bond acceptors (Lipinski definition) is 4. The van der Waals surface area contributed by atoms with Crippen LogP contribution in [0.3, 0.4) is 0 Å². The van der Waals surface area contributed by atoms with Crippen LogP contribution in [0.5, 0.6) is 11.5 Å². The minimum absolute atomic E-state index is 0.00675. The van der Waals surface area contributed by atoms with Crippen molar-refractivity contribution in [1.29, 1.82) is 0 Å². The number of hydrogen-bond donors (Lipinski definition) is 0. The van der Waals surface area contributed by atoms with E-state index in [0.29, 0.717) is 24.7 Å². The zero-order chi connectivity index (χ0) is 16.7. The molecule has 0 saturated carbocycles. The van der Waals surface area contributed by atoms with Crippen LogP contribution in [0.1, 0.15) is 44.5 Å². The Hall–Kier alpha value is -1.91. The first kappa shape index (κ1) is 18.1. The summed E-state index contributed by atoms with van der Waals surface area (Å²) in [5, 5.41) is 0. The van der Waals surface area contributed by atoms with Gasteiger partial charge >= 0.3 is 0 Å². The van der Waals surface area contributed by atoms with E-state index in [9.17, 15) is 14.0 Å². The van der Waals surface area contributed by atoms with Crippen LogP contribution >= 0.6 is 0 Å². The predicted molar refractivity (Wildman–Crippen MR) is 82.5 cm³/mol. The third-order valence-electron chi connectivity index (χ3n) is 2.91. The van der Waals surface area contributed by atoms with Crippen molar-refractivity contribution in [3.05, 3.63) is 23.8 Å². The van der Waals surface area contributed by atoms with E-state index in [1.807, 2.05) is 0 Å². The topological polar surface area (TPSA) is 52.6 Å². The molecule has 0 radical (unpaired) electrons. The summed E-state index contributed by atoms with van der Waals surface area (Å²) in [5.41, 5.74) is 0.0824. The van der Waals surface area contributed by atoms with Gasteiger partial charge in [-0.25, -0.2) is 4.39 Å². The van der Waals surface area contributed by atoms with Crippen molar-refractivity contribution in [3.63, 3.8) is 0 Å². The largest absolute Gasteiger partial charge is 0.494 e. The molecule has 1 rings (SSSR count). The van der Waals surface area contributed by atoms with E-state index in [0.717, 1.165) is 0 Å². The molecule has 0 saturated heterocycles. The molecule has 0 aliphatic heterocycles. The summed E-state index contributed by atoms with van der Waals surface area (Å²) in [7, 11) is 0. The third-order valence-corrected chi connectivity index (χ3v) is 2.91. The van der Waals surface area contributed by atoms with Gasteiger partial charge in [-0.1, -0.05) is 13.8 Å². The summed E-state index contributed by atoms with van der Waals surface area (Å²) in [6.45, 7) is 8.04. The first-order valence-corrected chi connectivity index (χ1v) is 7.50. The Bertz CT molecular complexity index is 501. The minimum Gasteiger partial charge on any atom is -0.494 e. The third kappa shape index (κ3) is 5.13. The summed E-state index contributed by atoms with van der Waals surface area (Å²) >= 11 is 0. The Balaban J connectivity index is 3.02. The van der Waals surface area contributed by atoms with E-state index in [1.54, 1.807) is 33.8 Å². The molecule has 22 heavy (non-hydrogen) atoms. The molecule has 0 fully saturated rings. The molecule has 0 spiro atoms. The lowest BCUT2D eigenvalue weighted by molar-refractivity contribution is -0.122. The average Bonchev–Trinajstić information content (AvgIpc) is 2.45. The fourth-order valence-corrected chi connectivity index (χ4v) is 2.01. The first-order valence-electron chi connectivity index (χ1n) is 7.50. The molecule has 0 amide bonds. The second-order valence-corrected chi connectivity index (χ2v) is 5.35. The van der Waals surface area contributed by atoms with Gasteiger partial charge < -0.3 is 9.47 Å². The van der Waals surface area contributed by atoms with Crippen molar-refractivity contribution in [2.45, 2.75) is 40.3 Å². The van der Waals surface area contributed by atoms with Crippen LogP contribution in [-0.2, 0) is 4.79 Å². The van der Waals surface area contributed by atoms with Gasteiger partial charge in [0, 0.05) is 18.1 Å². The lowest BCUT2D eigenvalue weighted by Gasteiger charge is -2.12. The summed E-state index contributed by atoms with van der Waals surface area (Å²) in [6.07, 6.45) is -2.11. The van der Waals surface area contributed by atoms with Gasteiger partial charge in [-0.05, 0) is 31.9 Å². The van der Waals surface area contributed by atoms with Crippen molar-refractivity contribution in [1.82, 2.24) is 0 Å². The minimum atomic E-state index is -2.14. The van der Waals surface area contributed by atoms with Gasteiger partial charge in [-0.3, -0.25) is 9.59 Å². The first-order chi connectivity index (χ1) is 10.4. The quantitative estimate of drug-likeness (QED) is 0.516. The molecule has 0 heterocycles. The highest BCUT2D eigenvalue weighted by Gasteiger charge is 2.28. The number of Topliss-reactive ketones (excluding diaryl/α,β-unsaturated/α-hetero) is 2. The standard InChI is InChI=1S/C17H23FO4/c1-5-21-13-8-12(9-14(10-13)22-6-2)17(20)16(18)15(19)7-11(3)4/h8-11,16H,5-7H2,1-4H3. The van der Waals surface area contributed by atoms with Gasteiger partial charge in [0.15, 0.2) is 5.78 Å². The van der Waals surface area contributed by atoms with Gasteiger partial charge in [0.05, 0.1) is 13.2 Å². The van der Waals surface area contributed by atoms with Crippen LogP contribution in [0, 0.1) is 5.92 Å². The monoisotopic (exact) mass is 310 g/mol. The number of ether oxygens (including phenoxy) is 2. The molecule has 0 bridgehead atoms. The molecule has 1 aromatic carbocycles. The molecule has 5 heteroatoms. The molecule has 1 atom stereocenters. The smallest absolute Gasteiger partial charge is 0.220 e. The van der Waals surface area contributed by atoms with Crippen LogP contribution in [0.4, 0.5) is 4.39 Å². The van der Waals surface area contributed by atoms with Gasteiger partial charge in [-0.15, -0.1) is 0 Å². The van der Waals surface area contributed by atoms with Gasteiger partial charge in [-0.2, -0.15) is 0 Å². The Morgan fingerprint density at radius 3 is 1.95 bits per heavy atom. The fourth-order valence-electron chi connectivity index (χ4n) is 2.01. The molecule has 0 aromatic heterocycles. The van der Waals surface area contributed by atoms with E-state index in [1.165, 1.54) is 12.1 Å². The predicted octanol–water partition coefficient (Wildman–Crippen LogP) is 3.62. The maximum Gasteiger partial charge on any atom is 0.220 e. The number of carbonyl (C=O) groups is 2. The number of halogens is 1. The number of rotatable bonds is 9. The zero-order valence-electron chi connectivity index (χ0n) is 13.5. The van der Waals surface area contributed by atoms with Crippen molar-refractivity contribution < 1.29 is 23.5 Å². The summed E-state index contributed by atoms with van der Waals surface area (Å²) in [4.78, 5) is 23.9. The highest BCUT2D eigenvalue weighted by atomic mass is 19.1. The highest BCUT2D eigenvalue weighted by Crippen LogP contribution is 2.25. The Labute approximate surface area is 130 Å². The number of benzene rings is 1. The SMILES string of the molecule is CCOc1cc(OCC)cc(C(=O)C(F)C(=O)CC(C)C)c1. The maximum atomic E-state index is 14.1. The van der Waals surface area contributed by atoms with Gasteiger partial charge in [0.2, 0.25) is 12.0 Å². The second-order valence-electron chi connectivity index (χ2n) is 5.35. The molecule has 0 aliphatic rings. The van der Waals surface area contributed by atoms with Crippen molar-refractivity contribution in [2.24, 2.45) is 5.92 Å². The fraction of sp³-hybridized carbons (Fsp3) is 0.529.